The number of amides is 1. The van der Waals surface area contributed by atoms with Crippen LogP contribution in [-0.2, 0) is 11.3 Å². The Hall–Kier alpha value is -2.09. The molecule has 0 fully saturated rings. The highest BCUT2D eigenvalue weighted by Gasteiger charge is 2.24. The molecule has 0 bridgehead atoms. The average molecular weight is 442 g/mol. The lowest BCUT2D eigenvalue weighted by molar-refractivity contribution is -0.119. The van der Waals surface area contributed by atoms with Gasteiger partial charge >= 0.3 is 0 Å². The summed E-state index contributed by atoms with van der Waals surface area (Å²) in [4.78, 5) is 16.9. The monoisotopic (exact) mass is 440 g/mol. The van der Waals surface area contributed by atoms with E-state index in [-0.39, 0.29) is 11.9 Å². The lowest BCUT2D eigenvalue weighted by Gasteiger charge is -2.16. The van der Waals surface area contributed by atoms with Crippen LogP contribution in [0.4, 0.5) is 5.95 Å². The van der Waals surface area contributed by atoms with Crippen molar-refractivity contribution in [3.8, 4) is 0 Å². The van der Waals surface area contributed by atoms with E-state index in [2.05, 4.69) is 20.5 Å². The highest BCUT2D eigenvalue weighted by molar-refractivity contribution is 6.35. The van der Waals surface area contributed by atoms with E-state index in [4.69, 9.17) is 34.8 Å². The van der Waals surface area contributed by atoms with Gasteiger partial charge < -0.3 is 0 Å². The number of aryl methyl sites for hydroxylation is 1. The standard InChI is InChI=1S/C18H19Cl3N6O/c1-4-15(27-11(3)16(21)10(2)24-27)17(28)23-18-22-9-26(25-18)8-12-5-6-13(19)7-14(12)20/h5-7,9,15H,4,8H2,1-3H3,(H,23,25,28). The fourth-order valence-corrected chi connectivity index (χ4v) is 3.45. The molecular weight excluding hydrogens is 423 g/mol. The molecule has 1 aromatic carbocycles. The molecule has 3 rings (SSSR count). The van der Waals surface area contributed by atoms with E-state index in [1.165, 1.54) is 6.33 Å². The van der Waals surface area contributed by atoms with Gasteiger partial charge in [-0.1, -0.05) is 47.8 Å². The molecule has 0 aliphatic carbocycles. The van der Waals surface area contributed by atoms with Crippen LogP contribution in [0.25, 0.3) is 0 Å². The van der Waals surface area contributed by atoms with Crippen molar-refractivity contribution in [2.45, 2.75) is 39.8 Å². The predicted molar refractivity (Wildman–Crippen MR) is 110 cm³/mol. The van der Waals surface area contributed by atoms with Gasteiger partial charge in [0.2, 0.25) is 5.95 Å². The van der Waals surface area contributed by atoms with E-state index in [9.17, 15) is 4.79 Å². The van der Waals surface area contributed by atoms with Crippen molar-refractivity contribution in [1.29, 1.82) is 0 Å². The Labute approximate surface area is 177 Å². The molecule has 3 aromatic rings. The van der Waals surface area contributed by atoms with Gasteiger partial charge in [-0.25, -0.2) is 9.67 Å². The van der Waals surface area contributed by atoms with Crippen LogP contribution in [0.1, 0.15) is 36.3 Å². The average Bonchev–Trinajstić information content (AvgIpc) is 3.18. The second-order valence-corrected chi connectivity index (χ2v) is 7.57. The highest BCUT2D eigenvalue weighted by atomic mass is 35.5. The first-order valence-electron chi connectivity index (χ1n) is 8.65. The molecule has 10 heteroatoms. The molecule has 0 saturated carbocycles. The number of aromatic nitrogens is 5. The normalized spacial score (nSPS) is 12.2. The molecule has 2 heterocycles. The summed E-state index contributed by atoms with van der Waals surface area (Å²) in [5.74, 6) is -0.0480. The fourth-order valence-electron chi connectivity index (χ4n) is 2.86. The van der Waals surface area contributed by atoms with E-state index < -0.39 is 6.04 Å². The number of benzene rings is 1. The Morgan fingerprint density at radius 2 is 1.96 bits per heavy atom. The van der Waals surface area contributed by atoms with Crippen LogP contribution >= 0.6 is 34.8 Å². The Balaban J connectivity index is 1.73. The number of rotatable bonds is 6. The van der Waals surface area contributed by atoms with Gasteiger partial charge in [0.15, 0.2) is 0 Å². The minimum atomic E-state index is -0.510. The molecule has 1 N–H and O–H groups in total. The lowest BCUT2D eigenvalue weighted by Crippen LogP contribution is -2.27. The molecule has 0 radical (unpaired) electrons. The number of anilines is 1. The van der Waals surface area contributed by atoms with Crippen LogP contribution in [-0.4, -0.2) is 30.5 Å². The topological polar surface area (TPSA) is 77.6 Å². The summed E-state index contributed by atoms with van der Waals surface area (Å²) < 4.78 is 3.23. The molecule has 7 nitrogen and oxygen atoms in total. The number of carbonyl (C=O) groups is 1. The van der Waals surface area contributed by atoms with Gasteiger partial charge in [-0.3, -0.25) is 14.8 Å². The molecule has 0 spiro atoms. The molecule has 1 unspecified atom stereocenters. The number of hydrogen-bond acceptors (Lipinski definition) is 4. The van der Waals surface area contributed by atoms with Gasteiger partial charge in [0, 0.05) is 10.0 Å². The fraction of sp³-hybridized carbons (Fsp3) is 0.333. The quantitative estimate of drug-likeness (QED) is 0.602. The molecule has 1 amide bonds. The maximum atomic E-state index is 12.7. The molecule has 28 heavy (non-hydrogen) atoms. The van der Waals surface area contributed by atoms with E-state index >= 15 is 0 Å². The van der Waals surface area contributed by atoms with Crippen molar-refractivity contribution < 1.29 is 4.79 Å². The maximum absolute atomic E-state index is 12.7. The zero-order valence-electron chi connectivity index (χ0n) is 15.6. The highest BCUT2D eigenvalue weighted by Crippen LogP contribution is 2.25. The predicted octanol–water partition coefficient (Wildman–Crippen LogP) is 4.69. The zero-order valence-corrected chi connectivity index (χ0v) is 17.8. The van der Waals surface area contributed by atoms with Crippen LogP contribution in [0.5, 0.6) is 0 Å². The van der Waals surface area contributed by atoms with E-state index in [1.54, 1.807) is 21.5 Å². The molecule has 0 aliphatic heterocycles. The van der Waals surface area contributed by atoms with E-state index in [1.807, 2.05) is 26.8 Å². The number of carbonyl (C=O) groups excluding carboxylic acids is 1. The summed E-state index contributed by atoms with van der Waals surface area (Å²) in [7, 11) is 0. The van der Waals surface area contributed by atoms with E-state index in [0.29, 0.717) is 33.7 Å². The largest absolute Gasteiger partial charge is 0.291 e. The van der Waals surface area contributed by atoms with Crippen LogP contribution in [0.2, 0.25) is 15.1 Å². The Morgan fingerprint density at radius 3 is 2.57 bits per heavy atom. The number of halogens is 3. The third-order valence-electron chi connectivity index (χ3n) is 4.34. The number of nitrogens with one attached hydrogen (secondary N) is 1. The Bertz CT molecular complexity index is 1010. The van der Waals surface area contributed by atoms with Crippen molar-refractivity contribution in [3.05, 3.63) is 56.5 Å². The molecule has 0 aliphatic rings. The summed E-state index contributed by atoms with van der Waals surface area (Å²) in [6, 6.07) is 4.74. The van der Waals surface area contributed by atoms with Gasteiger partial charge in [0.05, 0.1) is 23.0 Å². The first kappa shape index (κ1) is 20.6. The summed E-state index contributed by atoms with van der Waals surface area (Å²) in [5, 5.41) is 13.1. The van der Waals surface area contributed by atoms with Crippen LogP contribution in [0.3, 0.4) is 0 Å². The van der Waals surface area contributed by atoms with Crippen LogP contribution in [0.15, 0.2) is 24.5 Å². The molecule has 1 atom stereocenters. The third-order valence-corrected chi connectivity index (χ3v) is 5.47. The van der Waals surface area contributed by atoms with Crippen molar-refractivity contribution in [2.75, 3.05) is 5.32 Å². The van der Waals surface area contributed by atoms with Crippen molar-refractivity contribution in [1.82, 2.24) is 24.5 Å². The number of nitrogens with zero attached hydrogens (tertiary/aromatic N) is 5. The zero-order chi connectivity index (χ0) is 20.4. The molecular formula is C18H19Cl3N6O. The van der Waals surface area contributed by atoms with Crippen molar-refractivity contribution in [3.63, 3.8) is 0 Å². The first-order chi connectivity index (χ1) is 13.3. The van der Waals surface area contributed by atoms with Crippen LogP contribution in [0, 0.1) is 13.8 Å². The second kappa shape index (κ2) is 8.51. The maximum Gasteiger partial charge on any atom is 0.251 e. The van der Waals surface area contributed by atoms with Crippen molar-refractivity contribution in [2.24, 2.45) is 0 Å². The summed E-state index contributed by atoms with van der Waals surface area (Å²) in [6.45, 7) is 5.95. The Morgan fingerprint density at radius 1 is 1.21 bits per heavy atom. The van der Waals surface area contributed by atoms with Gasteiger partial charge in [0.1, 0.15) is 12.4 Å². The van der Waals surface area contributed by atoms with Gasteiger partial charge in [-0.2, -0.15) is 5.10 Å². The van der Waals surface area contributed by atoms with Crippen molar-refractivity contribution >= 4 is 46.7 Å². The van der Waals surface area contributed by atoms with Gasteiger partial charge in [-0.15, -0.1) is 5.10 Å². The minimum absolute atomic E-state index is 0.209. The number of hydrogen-bond donors (Lipinski definition) is 1. The molecule has 148 valence electrons. The smallest absolute Gasteiger partial charge is 0.251 e. The second-order valence-electron chi connectivity index (χ2n) is 6.34. The van der Waals surface area contributed by atoms with Crippen LogP contribution < -0.4 is 5.32 Å². The molecule has 0 saturated heterocycles. The minimum Gasteiger partial charge on any atom is -0.291 e. The Kier molecular flexibility index (Phi) is 6.27. The SMILES string of the molecule is CCC(C(=O)Nc1ncn(Cc2ccc(Cl)cc2Cl)n1)n1nc(C)c(Cl)c1C. The van der Waals surface area contributed by atoms with Gasteiger partial charge in [0.25, 0.3) is 5.91 Å². The lowest BCUT2D eigenvalue weighted by atomic mass is 10.2. The summed E-state index contributed by atoms with van der Waals surface area (Å²) in [6.07, 6.45) is 2.08. The van der Waals surface area contributed by atoms with Gasteiger partial charge in [-0.05, 0) is 38.0 Å². The summed E-state index contributed by atoms with van der Waals surface area (Å²) >= 11 is 18.3. The molecule has 2 aromatic heterocycles. The first-order valence-corrected chi connectivity index (χ1v) is 9.79. The van der Waals surface area contributed by atoms with E-state index in [0.717, 1.165) is 11.3 Å². The third kappa shape index (κ3) is 4.32. The summed E-state index contributed by atoms with van der Waals surface area (Å²) in [5.41, 5.74) is 2.28.